The second kappa shape index (κ2) is 7.76. The monoisotopic (exact) mass is 280 g/mol. The van der Waals surface area contributed by atoms with Crippen LogP contribution in [0.2, 0.25) is 0 Å². The van der Waals surface area contributed by atoms with E-state index in [0.717, 1.165) is 58.6 Å². The molecule has 114 valence electrons. The molecule has 0 spiro atoms. The third-order valence-electron chi connectivity index (χ3n) is 3.92. The lowest BCUT2D eigenvalue weighted by molar-refractivity contribution is 0.159. The van der Waals surface area contributed by atoms with E-state index in [1.54, 1.807) is 7.11 Å². The van der Waals surface area contributed by atoms with Gasteiger partial charge in [-0.25, -0.2) is 4.98 Å². The van der Waals surface area contributed by atoms with Crippen LogP contribution in [0.3, 0.4) is 0 Å². The Morgan fingerprint density at radius 2 is 2.25 bits per heavy atom. The van der Waals surface area contributed by atoms with E-state index < -0.39 is 0 Å². The number of imidazole rings is 1. The average Bonchev–Trinajstić information content (AvgIpc) is 2.81. The molecule has 0 saturated heterocycles. The summed E-state index contributed by atoms with van der Waals surface area (Å²) < 4.78 is 7.59. The summed E-state index contributed by atoms with van der Waals surface area (Å²) in [5.74, 6) is 1.27. The Bertz CT molecular complexity index is 416. The van der Waals surface area contributed by atoms with Gasteiger partial charge in [-0.1, -0.05) is 6.92 Å². The van der Waals surface area contributed by atoms with E-state index in [-0.39, 0.29) is 0 Å². The lowest BCUT2D eigenvalue weighted by Crippen LogP contribution is -2.29. The molecule has 2 heterocycles. The third kappa shape index (κ3) is 3.81. The first-order valence-electron chi connectivity index (χ1n) is 7.71. The van der Waals surface area contributed by atoms with Gasteiger partial charge in [0.2, 0.25) is 0 Å². The fraction of sp³-hybridized carbons (Fsp3) is 0.800. The second-order valence-electron chi connectivity index (χ2n) is 5.55. The van der Waals surface area contributed by atoms with Gasteiger partial charge in [-0.2, -0.15) is 0 Å². The van der Waals surface area contributed by atoms with Gasteiger partial charge < -0.3 is 19.5 Å². The third-order valence-corrected chi connectivity index (χ3v) is 3.92. The van der Waals surface area contributed by atoms with Crippen molar-refractivity contribution in [2.45, 2.75) is 39.3 Å². The van der Waals surface area contributed by atoms with E-state index in [2.05, 4.69) is 28.8 Å². The summed E-state index contributed by atoms with van der Waals surface area (Å²) in [5, 5.41) is 3.41. The number of hydrogen-bond acceptors (Lipinski definition) is 4. The topological polar surface area (TPSA) is 42.3 Å². The highest BCUT2D eigenvalue weighted by Gasteiger charge is 2.19. The first-order valence-corrected chi connectivity index (χ1v) is 7.71. The Labute approximate surface area is 122 Å². The van der Waals surface area contributed by atoms with Crippen molar-refractivity contribution in [2.75, 3.05) is 40.4 Å². The minimum Gasteiger partial charge on any atom is -0.383 e. The number of rotatable bonds is 8. The summed E-state index contributed by atoms with van der Waals surface area (Å²) in [6.45, 7) is 8.10. The van der Waals surface area contributed by atoms with Gasteiger partial charge in [0.05, 0.1) is 12.3 Å². The SMILES string of the molecule is CCCc1nc2c(n1CCN(C)CCOC)CCNC2. The predicted octanol–water partition coefficient (Wildman–Crippen LogP) is 1.06. The van der Waals surface area contributed by atoms with Gasteiger partial charge in [0.15, 0.2) is 0 Å². The van der Waals surface area contributed by atoms with Crippen molar-refractivity contribution in [1.29, 1.82) is 0 Å². The lowest BCUT2D eigenvalue weighted by atomic mass is 10.2. The molecule has 0 bridgehead atoms. The van der Waals surface area contributed by atoms with E-state index in [1.165, 1.54) is 17.2 Å². The minimum atomic E-state index is 0.796. The summed E-state index contributed by atoms with van der Waals surface area (Å²) >= 11 is 0. The molecule has 0 aliphatic carbocycles. The molecule has 0 radical (unpaired) electrons. The van der Waals surface area contributed by atoms with Crippen molar-refractivity contribution < 1.29 is 4.74 Å². The zero-order chi connectivity index (χ0) is 14.4. The molecular weight excluding hydrogens is 252 g/mol. The van der Waals surface area contributed by atoms with Gasteiger partial charge in [0, 0.05) is 58.4 Å². The van der Waals surface area contributed by atoms with Crippen LogP contribution in [0.5, 0.6) is 0 Å². The molecule has 0 amide bonds. The van der Waals surface area contributed by atoms with Gasteiger partial charge in [-0.3, -0.25) is 0 Å². The molecule has 0 atom stereocenters. The zero-order valence-corrected chi connectivity index (χ0v) is 13.1. The smallest absolute Gasteiger partial charge is 0.109 e. The number of ether oxygens (including phenoxy) is 1. The van der Waals surface area contributed by atoms with Crippen molar-refractivity contribution in [1.82, 2.24) is 19.8 Å². The molecule has 1 aliphatic rings. The highest BCUT2D eigenvalue weighted by atomic mass is 16.5. The van der Waals surface area contributed by atoms with Crippen LogP contribution >= 0.6 is 0 Å². The van der Waals surface area contributed by atoms with Gasteiger partial charge in [0.25, 0.3) is 0 Å². The summed E-state index contributed by atoms with van der Waals surface area (Å²) in [6.07, 6.45) is 3.34. The molecule has 1 aromatic rings. The largest absolute Gasteiger partial charge is 0.383 e. The highest BCUT2D eigenvalue weighted by Crippen LogP contribution is 2.17. The minimum absolute atomic E-state index is 0.796. The molecule has 2 rings (SSSR count). The number of aromatic nitrogens is 2. The molecule has 1 aromatic heterocycles. The molecule has 0 fully saturated rings. The maximum atomic E-state index is 5.13. The number of methoxy groups -OCH3 is 1. The number of nitrogens with one attached hydrogen (secondary N) is 1. The number of fused-ring (bicyclic) bond motifs is 1. The Morgan fingerprint density at radius 1 is 1.40 bits per heavy atom. The number of nitrogens with zero attached hydrogens (tertiary/aromatic N) is 3. The van der Waals surface area contributed by atoms with Crippen molar-refractivity contribution >= 4 is 0 Å². The maximum Gasteiger partial charge on any atom is 0.109 e. The molecule has 20 heavy (non-hydrogen) atoms. The van der Waals surface area contributed by atoms with E-state index in [9.17, 15) is 0 Å². The van der Waals surface area contributed by atoms with Crippen molar-refractivity contribution in [3.8, 4) is 0 Å². The molecule has 0 aromatic carbocycles. The summed E-state index contributed by atoms with van der Waals surface area (Å²) in [4.78, 5) is 7.16. The van der Waals surface area contributed by atoms with E-state index in [0.29, 0.717) is 0 Å². The zero-order valence-electron chi connectivity index (χ0n) is 13.1. The van der Waals surface area contributed by atoms with Gasteiger partial charge >= 0.3 is 0 Å². The number of hydrogen-bond donors (Lipinski definition) is 1. The maximum absolute atomic E-state index is 5.13. The fourth-order valence-corrected chi connectivity index (χ4v) is 2.73. The van der Waals surface area contributed by atoms with Gasteiger partial charge in [-0.15, -0.1) is 0 Å². The van der Waals surface area contributed by atoms with Crippen molar-refractivity contribution in [2.24, 2.45) is 0 Å². The molecule has 1 N–H and O–H groups in total. The number of aryl methyl sites for hydroxylation is 1. The summed E-state index contributed by atoms with van der Waals surface area (Å²) in [6, 6.07) is 0. The standard InChI is InChI=1S/C15H28N4O/c1-4-5-15-17-13-12-16-7-6-14(13)19(15)9-8-18(2)10-11-20-3/h16H,4-12H2,1-3H3. The number of likely N-dealkylation sites (N-methyl/N-ethyl adjacent to an activating group) is 1. The predicted molar refractivity (Wildman–Crippen MR) is 81.0 cm³/mol. The Morgan fingerprint density at radius 3 is 3.00 bits per heavy atom. The van der Waals surface area contributed by atoms with Crippen LogP contribution in [0.15, 0.2) is 0 Å². The normalized spacial score (nSPS) is 14.8. The first-order chi connectivity index (χ1) is 9.76. The Balaban J connectivity index is 2.03. The van der Waals surface area contributed by atoms with Crippen LogP contribution < -0.4 is 5.32 Å². The second-order valence-corrected chi connectivity index (χ2v) is 5.55. The van der Waals surface area contributed by atoms with Gasteiger partial charge in [0.1, 0.15) is 5.82 Å². The Kier molecular flexibility index (Phi) is 6.01. The van der Waals surface area contributed by atoms with Crippen LogP contribution in [-0.2, 0) is 30.7 Å². The van der Waals surface area contributed by atoms with Crippen molar-refractivity contribution in [3.05, 3.63) is 17.2 Å². The lowest BCUT2D eigenvalue weighted by Gasteiger charge is -2.20. The molecule has 5 heteroatoms. The summed E-state index contributed by atoms with van der Waals surface area (Å²) in [5.41, 5.74) is 2.71. The molecule has 1 aliphatic heterocycles. The van der Waals surface area contributed by atoms with Crippen LogP contribution in [0.1, 0.15) is 30.6 Å². The first kappa shape index (κ1) is 15.5. The van der Waals surface area contributed by atoms with E-state index in [4.69, 9.17) is 9.72 Å². The molecular formula is C15H28N4O. The van der Waals surface area contributed by atoms with Gasteiger partial charge in [-0.05, 0) is 13.5 Å². The molecule has 0 saturated carbocycles. The van der Waals surface area contributed by atoms with E-state index >= 15 is 0 Å². The molecule has 5 nitrogen and oxygen atoms in total. The van der Waals surface area contributed by atoms with E-state index in [1.807, 2.05) is 0 Å². The average molecular weight is 280 g/mol. The summed E-state index contributed by atoms with van der Waals surface area (Å²) in [7, 11) is 3.91. The Hall–Kier alpha value is -0.910. The van der Waals surface area contributed by atoms with Crippen LogP contribution in [0, 0.1) is 0 Å². The van der Waals surface area contributed by atoms with Crippen molar-refractivity contribution in [3.63, 3.8) is 0 Å². The highest BCUT2D eigenvalue weighted by molar-refractivity contribution is 5.20. The fourth-order valence-electron chi connectivity index (χ4n) is 2.73. The van der Waals surface area contributed by atoms with Crippen LogP contribution in [-0.4, -0.2) is 54.8 Å². The van der Waals surface area contributed by atoms with Crippen LogP contribution in [0.4, 0.5) is 0 Å². The van der Waals surface area contributed by atoms with Crippen LogP contribution in [0.25, 0.3) is 0 Å². The quantitative estimate of drug-likeness (QED) is 0.773. The molecule has 0 unspecified atom stereocenters.